The highest BCUT2D eigenvalue weighted by atomic mass is 32.2. The van der Waals surface area contributed by atoms with E-state index in [1.807, 2.05) is 6.92 Å². The largest absolute Gasteiger partial charge is 0.350 e. The van der Waals surface area contributed by atoms with Crippen molar-refractivity contribution in [3.63, 3.8) is 0 Å². The van der Waals surface area contributed by atoms with Crippen LogP contribution in [0.1, 0.15) is 37.8 Å². The van der Waals surface area contributed by atoms with E-state index in [1.165, 1.54) is 12.1 Å². The fourth-order valence-corrected chi connectivity index (χ4v) is 3.02. The van der Waals surface area contributed by atoms with E-state index in [0.717, 1.165) is 18.4 Å². The van der Waals surface area contributed by atoms with Crippen molar-refractivity contribution in [1.29, 1.82) is 0 Å². The molecule has 1 aliphatic carbocycles. The van der Waals surface area contributed by atoms with Gasteiger partial charge in [0.1, 0.15) is 0 Å². The van der Waals surface area contributed by atoms with Gasteiger partial charge in [0.05, 0.1) is 10.9 Å². The normalized spacial score (nSPS) is 19.4. The van der Waals surface area contributed by atoms with Crippen LogP contribution in [0.25, 0.3) is 0 Å². The maximum absolute atomic E-state index is 12.0. The van der Waals surface area contributed by atoms with Gasteiger partial charge in [-0.15, -0.1) is 0 Å². The van der Waals surface area contributed by atoms with Crippen LogP contribution in [0.5, 0.6) is 0 Å². The first-order valence-corrected chi connectivity index (χ1v) is 8.49. The summed E-state index contributed by atoms with van der Waals surface area (Å²) in [5.74, 6) is 0.285. The van der Waals surface area contributed by atoms with Crippen LogP contribution < -0.4 is 10.5 Å². The predicted molar refractivity (Wildman–Crippen MR) is 80.9 cm³/mol. The van der Waals surface area contributed by atoms with Gasteiger partial charge in [0.15, 0.2) is 0 Å². The first-order valence-electron chi connectivity index (χ1n) is 6.95. The molecule has 1 aromatic carbocycles. The quantitative estimate of drug-likeness (QED) is 0.814. The van der Waals surface area contributed by atoms with Gasteiger partial charge in [0.25, 0.3) is 0 Å². The minimum absolute atomic E-state index is 0.0277. The second kappa shape index (κ2) is 6.41. The molecule has 2 rings (SSSR count). The lowest BCUT2D eigenvalue weighted by Gasteiger charge is -2.16. The van der Waals surface area contributed by atoms with Crippen LogP contribution in [0, 0.1) is 5.92 Å². The van der Waals surface area contributed by atoms with Gasteiger partial charge in [-0.1, -0.05) is 24.3 Å². The maximum Gasteiger partial charge on any atom is 0.238 e. The Balaban J connectivity index is 2.01. The zero-order valence-corrected chi connectivity index (χ0v) is 12.8. The molecule has 21 heavy (non-hydrogen) atoms. The number of benzene rings is 1. The van der Waals surface area contributed by atoms with E-state index in [9.17, 15) is 13.2 Å². The Bertz CT molecular complexity index is 653. The minimum atomic E-state index is -3.73. The van der Waals surface area contributed by atoms with Crippen LogP contribution in [0.2, 0.25) is 0 Å². The Morgan fingerprint density at radius 3 is 2.86 bits per heavy atom. The zero-order valence-electron chi connectivity index (χ0n) is 12.0. The van der Waals surface area contributed by atoms with Gasteiger partial charge in [0.2, 0.25) is 15.9 Å². The van der Waals surface area contributed by atoms with Crippen molar-refractivity contribution in [2.45, 2.75) is 37.1 Å². The lowest BCUT2D eigenvalue weighted by molar-refractivity contribution is -0.122. The number of allylic oxidation sites excluding steroid dienone is 2. The molecule has 0 saturated heterocycles. The average molecular weight is 308 g/mol. The van der Waals surface area contributed by atoms with Gasteiger partial charge in [0, 0.05) is 6.42 Å². The van der Waals surface area contributed by atoms with Gasteiger partial charge in [-0.05, 0) is 43.4 Å². The average Bonchev–Trinajstić information content (AvgIpc) is 2.90. The molecule has 0 radical (unpaired) electrons. The Labute approximate surface area is 125 Å². The molecule has 0 unspecified atom stereocenters. The number of nitrogens with two attached hydrogens (primary N) is 1. The highest BCUT2D eigenvalue weighted by Gasteiger charge is 2.17. The Morgan fingerprint density at radius 1 is 1.48 bits per heavy atom. The first kappa shape index (κ1) is 15.7. The lowest BCUT2D eigenvalue weighted by atomic mass is 10.0. The molecule has 0 aromatic heterocycles. The zero-order chi connectivity index (χ0) is 15.5. The Hall–Kier alpha value is -1.66. The van der Waals surface area contributed by atoms with Crippen molar-refractivity contribution in [1.82, 2.24) is 5.32 Å². The SMILES string of the molecule is C[C@@H](NC(=O)C[C@@H]1C=CCC1)c1cccc(S(N)(=O)=O)c1. The molecule has 0 bridgehead atoms. The van der Waals surface area contributed by atoms with Crippen LogP contribution in [-0.4, -0.2) is 14.3 Å². The lowest BCUT2D eigenvalue weighted by Crippen LogP contribution is -2.28. The number of rotatable bonds is 5. The number of hydrogen-bond donors (Lipinski definition) is 2. The molecule has 0 saturated carbocycles. The van der Waals surface area contributed by atoms with E-state index in [4.69, 9.17) is 5.14 Å². The van der Waals surface area contributed by atoms with E-state index in [0.29, 0.717) is 12.3 Å². The molecule has 0 fully saturated rings. The Morgan fingerprint density at radius 2 is 2.24 bits per heavy atom. The van der Waals surface area contributed by atoms with Crippen LogP contribution in [0.4, 0.5) is 0 Å². The smallest absolute Gasteiger partial charge is 0.238 e. The number of carbonyl (C=O) groups is 1. The fraction of sp³-hybridized carbons (Fsp3) is 0.400. The van der Waals surface area contributed by atoms with Gasteiger partial charge in [-0.2, -0.15) is 0 Å². The molecular formula is C15H20N2O3S. The standard InChI is InChI=1S/C15H20N2O3S/c1-11(17-15(18)9-12-5-2-3-6-12)13-7-4-8-14(10-13)21(16,19)20/h2,4-5,7-8,10-12H,3,6,9H2,1H3,(H,17,18)(H2,16,19,20)/t11-,12-/m1/s1. The highest BCUT2D eigenvalue weighted by molar-refractivity contribution is 7.89. The topological polar surface area (TPSA) is 89.3 Å². The number of carbonyl (C=O) groups excluding carboxylic acids is 1. The molecule has 0 spiro atoms. The number of nitrogens with one attached hydrogen (secondary N) is 1. The molecule has 114 valence electrons. The van der Waals surface area contributed by atoms with Crippen LogP contribution >= 0.6 is 0 Å². The summed E-state index contributed by atoms with van der Waals surface area (Å²) in [4.78, 5) is 12.0. The molecule has 1 amide bonds. The van der Waals surface area contributed by atoms with Crippen LogP contribution in [0.3, 0.4) is 0 Å². The number of hydrogen-bond acceptors (Lipinski definition) is 3. The molecule has 3 N–H and O–H groups in total. The minimum Gasteiger partial charge on any atom is -0.350 e. The molecule has 0 aliphatic heterocycles. The van der Waals surface area contributed by atoms with Gasteiger partial charge in [-0.25, -0.2) is 13.6 Å². The fourth-order valence-electron chi connectivity index (χ4n) is 2.45. The maximum atomic E-state index is 12.0. The summed E-state index contributed by atoms with van der Waals surface area (Å²) in [6.07, 6.45) is 6.69. The van der Waals surface area contributed by atoms with Gasteiger partial charge >= 0.3 is 0 Å². The summed E-state index contributed by atoms with van der Waals surface area (Å²) in [7, 11) is -3.73. The van der Waals surface area contributed by atoms with Gasteiger partial charge in [-0.3, -0.25) is 4.79 Å². The molecule has 1 aliphatic rings. The van der Waals surface area contributed by atoms with Gasteiger partial charge < -0.3 is 5.32 Å². The van der Waals surface area contributed by atoms with Crippen molar-refractivity contribution < 1.29 is 13.2 Å². The monoisotopic (exact) mass is 308 g/mol. The van der Waals surface area contributed by atoms with Crippen molar-refractivity contribution >= 4 is 15.9 Å². The summed E-state index contributed by atoms with van der Waals surface area (Å²) >= 11 is 0. The second-order valence-corrected chi connectivity index (χ2v) is 6.94. The second-order valence-electron chi connectivity index (χ2n) is 5.38. The molecule has 1 aromatic rings. The summed E-state index contributed by atoms with van der Waals surface area (Å²) in [6.45, 7) is 1.82. The van der Waals surface area contributed by atoms with Crippen molar-refractivity contribution in [2.75, 3.05) is 0 Å². The van der Waals surface area contributed by atoms with Crippen LogP contribution in [-0.2, 0) is 14.8 Å². The summed E-state index contributed by atoms with van der Waals surface area (Å²) in [5.41, 5.74) is 0.719. The van der Waals surface area contributed by atoms with Crippen molar-refractivity contribution in [3.8, 4) is 0 Å². The molecule has 2 atom stereocenters. The number of amides is 1. The number of primary sulfonamides is 1. The Kier molecular flexibility index (Phi) is 4.80. The molecule has 5 nitrogen and oxygen atoms in total. The van der Waals surface area contributed by atoms with Crippen molar-refractivity contribution in [3.05, 3.63) is 42.0 Å². The third-order valence-corrected chi connectivity index (χ3v) is 4.54. The highest BCUT2D eigenvalue weighted by Crippen LogP contribution is 2.21. The summed E-state index contributed by atoms with van der Waals surface area (Å²) in [5, 5.41) is 8.01. The van der Waals surface area contributed by atoms with Crippen LogP contribution in [0.15, 0.2) is 41.3 Å². The third kappa shape index (κ3) is 4.41. The van der Waals surface area contributed by atoms with E-state index in [2.05, 4.69) is 17.5 Å². The molecule has 0 heterocycles. The summed E-state index contributed by atoms with van der Waals surface area (Å²) in [6, 6.07) is 6.07. The predicted octanol–water partition coefficient (Wildman–Crippen LogP) is 1.87. The number of sulfonamides is 1. The van der Waals surface area contributed by atoms with E-state index in [1.54, 1.807) is 12.1 Å². The first-order chi connectivity index (χ1) is 9.86. The van der Waals surface area contributed by atoms with Crippen molar-refractivity contribution in [2.24, 2.45) is 11.1 Å². The van der Waals surface area contributed by atoms with E-state index >= 15 is 0 Å². The summed E-state index contributed by atoms with van der Waals surface area (Å²) < 4.78 is 22.7. The third-order valence-electron chi connectivity index (χ3n) is 3.62. The molecular weight excluding hydrogens is 288 g/mol. The molecule has 6 heteroatoms. The van der Waals surface area contributed by atoms with E-state index < -0.39 is 10.0 Å². The van der Waals surface area contributed by atoms with E-state index in [-0.39, 0.29) is 16.8 Å².